The zero-order valence-corrected chi connectivity index (χ0v) is 14.1. The van der Waals surface area contributed by atoms with E-state index in [1.54, 1.807) is 0 Å². The Balaban J connectivity index is 1.68. The van der Waals surface area contributed by atoms with Gasteiger partial charge in [-0.1, -0.05) is 12.5 Å². The summed E-state index contributed by atoms with van der Waals surface area (Å²) in [6.07, 6.45) is 7.88. The summed E-state index contributed by atoms with van der Waals surface area (Å²) in [5.74, 6) is 0.418. The van der Waals surface area contributed by atoms with Crippen LogP contribution in [0.1, 0.15) is 58.1 Å². The molecule has 1 aliphatic carbocycles. The Hall–Kier alpha value is -2.04. The minimum Gasteiger partial charge on any atom is -0.444 e. The Labute approximate surface area is 137 Å². The van der Waals surface area contributed by atoms with Gasteiger partial charge in [0, 0.05) is 30.0 Å². The molecule has 1 saturated carbocycles. The number of pyridine rings is 1. The lowest BCUT2D eigenvalue weighted by molar-refractivity contribution is 0.0490. The summed E-state index contributed by atoms with van der Waals surface area (Å²) in [6, 6.07) is 6.21. The maximum Gasteiger partial charge on any atom is 0.407 e. The zero-order valence-electron chi connectivity index (χ0n) is 14.1. The summed E-state index contributed by atoms with van der Waals surface area (Å²) < 4.78 is 7.52. The molecule has 0 bridgehead atoms. The molecule has 5 heteroatoms. The molecule has 2 aromatic rings. The molecule has 1 aliphatic rings. The first-order valence-electron chi connectivity index (χ1n) is 8.34. The SMILES string of the molecule is CC(C)(C)OC(=O)N[C@H]1CCC[C@@H](c2cnc3ccccn23)C1. The molecule has 3 rings (SSSR count). The van der Waals surface area contributed by atoms with Crippen molar-refractivity contribution in [3.63, 3.8) is 0 Å². The first-order valence-corrected chi connectivity index (χ1v) is 8.34. The lowest BCUT2D eigenvalue weighted by Gasteiger charge is -2.30. The maximum atomic E-state index is 12.0. The quantitative estimate of drug-likeness (QED) is 0.915. The molecule has 0 radical (unpaired) electrons. The number of carbonyl (C=O) groups excluding carboxylic acids is 1. The fraction of sp³-hybridized carbons (Fsp3) is 0.556. The number of fused-ring (bicyclic) bond motifs is 1. The minimum atomic E-state index is -0.459. The van der Waals surface area contributed by atoms with E-state index in [-0.39, 0.29) is 12.1 Å². The van der Waals surface area contributed by atoms with Gasteiger partial charge in [0.1, 0.15) is 11.2 Å². The number of aromatic nitrogens is 2. The predicted molar refractivity (Wildman–Crippen MR) is 89.6 cm³/mol. The van der Waals surface area contributed by atoms with Crippen LogP contribution in [-0.2, 0) is 4.74 Å². The molecule has 5 nitrogen and oxygen atoms in total. The Morgan fingerprint density at radius 3 is 2.96 bits per heavy atom. The molecular weight excluding hydrogens is 290 g/mol. The van der Waals surface area contributed by atoms with Crippen LogP contribution in [0.2, 0.25) is 0 Å². The first kappa shape index (κ1) is 15.8. The molecule has 1 amide bonds. The van der Waals surface area contributed by atoms with Crippen molar-refractivity contribution in [2.45, 2.75) is 64.0 Å². The summed E-state index contributed by atoms with van der Waals surface area (Å²) >= 11 is 0. The van der Waals surface area contributed by atoms with Crippen molar-refractivity contribution in [3.8, 4) is 0 Å². The molecule has 0 saturated heterocycles. The molecule has 0 spiro atoms. The number of hydrogen-bond acceptors (Lipinski definition) is 3. The van der Waals surface area contributed by atoms with E-state index in [0.29, 0.717) is 5.92 Å². The van der Waals surface area contributed by atoms with E-state index in [4.69, 9.17) is 4.74 Å². The smallest absolute Gasteiger partial charge is 0.407 e. The summed E-state index contributed by atoms with van der Waals surface area (Å²) in [5, 5.41) is 3.02. The van der Waals surface area contributed by atoms with Crippen molar-refractivity contribution >= 4 is 11.7 Å². The van der Waals surface area contributed by atoms with Crippen molar-refractivity contribution in [1.29, 1.82) is 0 Å². The van der Waals surface area contributed by atoms with Crippen molar-refractivity contribution in [1.82, 2.24) is 14.7 Å². The van der Waals surface area contributed by atoms with Gasteiger partial charge in [-0.3, -0.25) is 0 Å². The highest BCUT2D eigenvalue weighted by Gasteiger charge is 2.27. The van der Waals surface area contributed by atoms with Crippen LogP contribution in [0.15, 0.2) is 30.6 Å². The zero-order chi connectivity index (χ0) is 16.4. The van der Waals surface area contributed by atoms with Crippen molar-refractivity contribution in [2.75, 3.05) is 0 Å². The van der Waals surface area contributed by atoms with Gasteiger partial charge in [0.05, 0.1) is 0 Å². The third-order valence-corrected chi connectivity index (χ3v) is 4.26. The molecule has 124 valence electrons. The standard InChI is InChI=1S/C18H25N3O2/c1-18(2,3)23-17(22)20-14-8-6-7-13(11-14)15-12-19-16-9-4-5-10-21(15)16/h4-5,9-10,12-14H,6-8,11H2,1-3H3,(H,20,22)/t13-,14+/m1/s1. The Kier molecular flexibility index (Phi) is 4.28. The van der Waals surface area contributed by atoms with E-state index >= 15 is 0 Å². The van der Waals surface area contributed by atoms with Crippen LogP contribution >= 0.6 is 0 Å². The van der Waals surface area contributed by atoms with Gasteiger partial charge in [0.15, 0.2) is 0 Å². The largest absolute Gasteiger partial charge is 0.444 e. The molecule has 0 unspecified atom stereocenters. The van der Waals surface area contributed by atoms with Crippen LogP contribution in [0, 0.1) is 0 Å². The van der Waals surface area contributed by atoms with E-state index < -0.39 is 5.60 Å². The van der Waals surface area contributed by atoms with Gasteiger partial charge >= 0.3 is 6.09 Å². The molecule has 2 aromatic heterocycles. The van der Waals surface area contributed by atoms with Gasteiger partial charge < -0.3 is 14.5 Å². The summed E-state index contributed by atoms with van der Waals surface area (Å²) in [4.78, 5) is 16.5. The average Bonchev–Trinajstić information content (AvgIpc) is 2.89. The summed E-state index contributed by atoms with van der Waals surface area (Å²) in [5.41, 5.74) is 1.75. The lowest BCUT2D eigenvalue weighted by Crippen LogP contribution is -2.41. The highest BCUT2D eigenvalue weighted by Crippen LogP contribution is 2.33. The van der Waals surface area contributed by atoms with Crippen LogP contribution in [-0.4, -0.2) is 27.1 Å². The normalized spacial score (nSPS) is 22.0. The number of amides is 1. The number of carbonyl (C=O) groups is 1. The molecule has 1 fully saturated rings. The number of alkyl carbamates (subject to hydrolysis) is 1. The van der Waals surface area contributed by atoms with E-state index in [1.165, 1.54) is 5.69 Å². The number of nitrogens with one attached hydrogen (secondary N) is 1. The Bertz CT molecular complexity index is 687. The second-order valence-electron chi connectivity index (χ2n) is 7.32. The van der Waals surface area contributed by atoms with Gasteiger partial charge in [0.25, 0.3) is 0 Å². The minimum absolute atomic E-state index is 0.165. The van der Waals surface area contributed by atoms with Crippen molar-refractivity contribution in [2.24, 2.45) is 0 Å². The van der Waals surface area contributed by atoms with Gasteiger partial charge in [0.2, 0.25) is 0 Å². The lowest BCUT2D eigenvalue weighted by atomic mass is 9.84. The molecule has 23 heavy (non-hydrogen) atoms. The number of imidazole rings is 1. The number of nitrogens with zero attached hydrogens (tertiary/aromatic N) is 2. The monoisotopic (exact) mass is 315 g/mol. The van der Waals surface area contributed by atoms with Gasteiger partial charge in [-0.2, -0.15) is 0 Å². The van der Waals surface area contributed by atoms with E-state index in [9.17, 15) is 4.79 Å². The maximum absolute atomic E-state index is 12.0. The highest BCUT2D eigenvalue weighted by atomic mass is 16.6. The third-order valence-electron chi connectivity index (χ3n) is 4.26. The van der Waals surface area contributed by atoms with Crippen LogP contribution in [0.25, 0.3) is 5.65 Å². The Morgan fingerprint density at radius 1 is 1.35 bits per heavy atom. The van der Waals surface area contributed by atoms with Crippen LogP contribution in [0.5, 0.6) is 0 Å². The topological polar surface area (TPSA) is 55.6 Å². The third kappa shape index (κ3) is 3.84. The molecule has 1 N–H and O–H groups in total. The van der Waals surface area contributed by atoms with Crippen molar-refractivity contribution < 1.29 is 9.53 Å². The summed E-state index contributed by atoms with van der Waals surface area (Å²) in [7, 11) is 0. The summed E-state index contributed by atoms with van der Waals surface area (Å²) in [6.45, 7) is 5.65. The van der Waals surface area contributed by atoms with Crippen LogP contribution in [0.4, 0.5) is 4.79 Å². The molecule has 0 aliphatic heterocycles. The molecule has 2 heterocycles. The average molecular weight is 315 g/mol. The predicted octanol–water partition coefficient (Wildman–Crippen LogP) is 3.89. The van der Waals surface area contributed by atoms with Crippen molar-refractivity contribution in [3.05, 3.63) is 36.3 Å². The van der Waals surface area contributed by atoms with E-state index in [2.05, 4.69) is 20.9 Å². The second-order valence-corrected chi connectivity index (χ2v) is 7.32. The van der Waals surface area contributed by atoms with E-state index in [0.717, 1.165) is 31.3 Å². The number of ether oxygens (including phenoxy) is 1. The number of rotatable bonds is 2. The fourth-order valence-electron chi connectivity index (χ4n) is 3.32. The molecular formula is C18H25N3O2. The fourth-order valence-corrected chi connectivity index (χ4v) is 3.32. The van der Waals surface area contributed by atoms with Gasteiger partial charge in [-0.25, -0.2) is 9.78 Å². The first-order chi connectivity index (χ1) is 10.9. The number of hydrogen-bond donors (Lipinski definition) is 1. The van der Waals surface area contributed by atoms with Gasteiger partial charge in [-0.15, -0.1) is 0 Å². The molecule has 2 atom stereocenters. The molecule has 0 aromatic carbocycles. The second kappa shape index (κ2) is 6.22. The van der Waals surface area contributed by atoms with Crippen LogP contribution < -0.4 is 5.32 Å². The Morgan fingerprint density at radius 2 is 2.17 bits per heavy atom. The van der Waals surface area contributed by atoms with Gasteiger partial charge in [-0.05, 0) is 52.2 Å². The van der Waals surface area contributed by atoms with E-state index in [1.807, 2.05) is 45.2 Å². The van der Waals surface area contributed by atoms with Crippen LogP contribution in [0.3, 0.4) is 0 Å². The highest BCUT2D eigenvalue weighted by molar-refractivity contribution is 5.68.